The van der Waals surface area contributed by atoms with Crippen molar-refractivity contribution in [2.24, 2.45) is 5.41 Å². The Morgan fingerprint density at radius 3 is 2.29 bits per heavy atom. The summed E-state index contributed by atoms with van der Waals surface area (Å²) in [7, 11) is 0. The Hall–Kier alpha value is -1.51. The smallest absolute Gasteiger partial charge is 0.406 e. The van der Waals surface area contributed by atoms with Crippen molar-refractivity contribution < 1.29 is 33.0 Å². The third kappa shape index (κ3) is 3.22. The molecule has 2 N–H and O–H groups in total. The second-order valence-electron chi connectivity index (χ2n) is 5.35. The monoisotopic (exact) mass is 312 g/mol. The first-order valence-corrected chi connectivity index (χ1v) is 6.53. The molecular weight excluding hydrogens is 293 g/mol. The largest absolute Gasteiger partial charge is 0.481 e. The molecule has 1 unspecified atom stereocenters. The molecule has 1 saturated heterocycles. The van der Waals surface area contributed by atoms with Crippen LogP contribution in [0.5, 0.6) is 0 Å². The molecule has 122 valence electrons. The van der Waals surface area contributed by atoms with Gasteiger partial charge in [-0.2, -0.15) is 13.2 Å². The minimum absolute atomic E-state index is 0.0148. The van der Waals surface area contributed by atoms with Crippen LogP contribution in [0.25, 0.3) is 0 Å². The van der Waals surface area contributed by atoms with Gasteiger partial charge in [0.1, 0.15) is 0 Å². The van der Waals surface area contributed by atoms with E-state index < -0.39 is 36.6 Å². The number of carbonyl (C=O) groups excluding carboxylic acids is 1. The Labute approximate surface area is 120 Å². The summed E-state index contributed by atoms with van der Waals surface area (Å²) in [5, 5.41) is 17.8. The average molecular weight is 312 g/mol. The Bertz CT molecular complexity index is 414. The van der Waals surface area contributed by atoms with Gasteiger partial charge in [0.25, 0.3) is 0 Å². The Morgan fingerprint density at radius 2 is 1.95 bits per heavy atom. The Kier molecular flexibility index (Phi) is 5.08. The van der Waals surface area contributed by atoms with E-state index in [0.717, 1.165) is 4.90 Å². The van der Waals surface area contributed by atoms with E-state index in [0.29, 0.717) is 0 Å². The van der Waals surface area contributed by atoms with Crippen LogP contribution >= 0.6 is 0 Å². The van der Waals surface area contributed by atoms with Crippen molar-refractivity contribution in [2.75, 3.05) is 26.2 Å². The van der Waals surface area contributed by atoms with E-state index in [4.69, 9.17) is 10.2 Å². The molecule has 0 aromatic carbocycles. The number of nitrogens with zero attached hydrogens (tertiary/aromatic N) is 2. The van der Waals surface area contributed by atoms with Crippen LogP contribution in [0.15, 0.2) is 0 Å². The zero-order chi connectivity index (χ0) is 16.4. The molecule has 21 heavy (non-hydrogen) atoms. The zero-order valence-electron chi connectivity index (χ0n) is 11.9. The van der Waals surface area contributed by atoms with Gasteiger partial charge in [0, 0.05) is 25.7 Å². The summed E-state index contributed by atoms with van der Waals surface area (Å²) in [5.74, 6) is -1.97. The van der Waals surface area contributed by atoms with Crippen molar-refractivity contribution >= 4 is 12.0 Å². The molecule has 0 aliphatic carbocycles. The van der Waals surface area contributed by atoms with Crippen LogP contribution in [0.2, 0.25) is 0 Å². The minimum Gasteiger partial charge on any atom is -0.481 e. The maximum Gasteiger partial charge on any atom is 0.406 e. The van der Waals surface area contributed by atoms with Crippen molar-refractivity contribution in [3.63, 3.8) is 0 Å². The molecule has 1 atom stereocenters. The number of carbonyl (C=O) groups is 2. The van der Waals surface area contributed by atoms with Crippen LogP contribution in [0, 0.1) is 5.41 Å². The normalized spacial score (nSPS) is 22.7. The topological polar surface area (TPSA) is 81.1 Å². The fourth-order valence-electron chi connectivity index (χ4n) is 2.36. The molecule has 2 amide bonds. The first-order chi connectivity index (χ1) is 9.56. The van der Waals surface area contributed by atoms with Crippen LogP contribution in [0.4, 0.5) is 18.0 Å². The summed E-state index contributed by atoms with van der Waals surface area (Å²) in [6.07, 6.45) is -5.59. The second-order valence-corrected chi connectivity index (χ2v) is 5.35. The van der Waals surface area contributed by atoms with Gasteiger partial charge in [-0.05, 0) is 20.3 Å². The highest BCUT2D eigenvalue weighted by atomic mass is 19.4. The van der Waals surface area contributed by atoms with Gasteiger partial charge < -0.3 is 20.0 Å². The van der Waals surface area contributed by atoms with Crippen molar-refractivity contribution in [2.45, 2.75) is 32.5 Å². The molecular formula is C12H19F3N2O4. The highest BCUT2D eigenvalue weighted by Crippen LogP contribution is 2.45. The predicted molar refractivity (Wildman–Crippen MR) is 66.6 cm³/mol. The number of carboxylic acid groups (broad SMARTS) is 1. The number of carboxylic acids is 1. The molecule has 0 aromatic heterocycles. The van der Waals surface area contributed by atoms with E-state index in [9.17, 15) is 22.8 Å². The first kappa shape index (κ1) is 17.5. The molecule has 0 spiro atoms. The molecule has 0 radical (unpaired) electrons. The van der Waals surface area contributed by atoms with Gasteiger partial charge in [0.2, 0.25) is 0 Å². The van der Waals surface area contributed by atoms with E-state index in [2.05, 4.69) is 0 Å². The molecule has 1 fully saturated rings. The Balaban J connectivity index is 2.94. The van der Waals surface area contributed by atoms with E-state index in [1.807, 2.05) is 0 Å². The molecule has 0 bridgehead atoms. The van der Waals surface area contributed by atoms with Gasteiger partial charge in [-0.15, -0.1) is 0 Å². The number of hydrogen-bond donors (Lipinski definition) is 2. The van der Waals surface area contributed by atoms with E-state index in [1.54, 1.807) is 13.8 Å². The summed E-state index contributed by atoms with van der Waals surface area (Å²) >= 11 is 0. The van der Waals surface area contributed by atoms with Gasteiger partial charge in [0.15, 0.2) is 5.41 Å². The summed E-state index contributed by atoms with van der Waals surface area (Å²) in [6, 6.07) is -0.998. The van der Waals surface area contributed by atoms with Crippen molar-refractivity contribution in [1.29, 1.82) is 0 Å². The minimum atomic E-state index is -4.92. The lowest BCUT2D eigenvalue weighted by molar-refractivity contribution is -0.227. The quantitative estimate of drug-likeness (QED) is 0.816. The maximum atomic E-state index is 13.0. The summed E-state index contributed by atoms with van der Waals surface area (Å²) in [4.78, 5) is 25.4. The van der Waals surface area contributed by atoms with E-state index in [-0.39, 0.29) is 25.7 Å². The number of alkyl halides is 3. The molecule has 9 heteroatoms. The van der Waals surface area contributed by atoms with E-state index in [1.165, 1.54) is 4.90 Å². The van der Waals surface area contributed by atoms with Crippen molar-refractivity contribution in [3.05, 3.63) is 0 Å². The SMILES string of the molecule is CC(C)N(CCO)C(=O)N1CCC(C(=O)O)(C(F)(F)F)C1. The lowest BCUT2D eigenvalue weighted by Crippen LogP contribution is -2.51. The Morgan fingerprint density at radius 1 is 1.38 bits per heavy atom. The number of amides is 2. The van der Waals surface area contributed by atoms with Gasteiger partial charge in [-0.3, -0.25) is 4.79 Å². The fourth-order valence-corrected chi connectivity index (χ4v) is 2.36. The molecule has 1 heterocycles. The maximum absolute atomic E-state index is 13.0. The zero-order valence-corrected chi connectivity index (χ0v) is 11.9. The van der Waals surface area contributed by atoms with Gasteiger partial charge in [0.05, 0.1) is 6.61 Å². The van der Waals surface area contributed by atoms with Gasteiger partial charge in [-0.25, -0.2) is 4.79 Å². The summed E-state index contributed by atoms with van der Waals surface area (Å²) in [5.41, 5.74) is -2.91. The molecule has 1 aliphatic rings. The number of aliphatic hydroxyl groups is 1. The number of aliphatic hydroxyl groups excluding tert-OH is 1. The van der Waals surface area contributed by atoms with Crippen molar-refractivity contribution in [3.8, 4) is 0 Å². The highest BCUT2D eigenvalue weighted by molar-refractivity contribution is 5.80. The lowest BCUT2D eigenvalue weighted by Gasteiger charge is -2.32. The van der Waals surface area contributed by atoms with E-state index >= 15 is 0 Å². The van der Waals surface area contributed by atoms with Crippen LogP contribution in [-0.4, -0.2) is 70.5 Å². The molecule has 0 saturated carbocycles. The van der Waals surface area contributed by atoms with Gasteiger partial charge >= 0.3 is 18.2 Å². The predicted octanol–water partition coefficient (Wildman–Crippen LogP) is 1.15. The number of likely N-dealkylation sites (tertiary alicyclic amines) is 1. The van der Waals surface area contributed by atoms with Crippen LogP contribution < -0.4 is 0 Å². The molecule has 0 aromatic rings. The molecule has 1 aliphatic heterocycles. The number of urea groups is 1. The molecule has 6 nitrogen and oxygen atoms in total. The molecule has 1 rings (SSSR count). The number of hydrogen-bond acceptors (Lipinski definition) is 3. The summed E-state index contributed by atoms with van der Waals surface area (Å²) < 4.78 is 39.1. The number of rotatable bonds is 4. The number of aliphatic carboxylic acids is 1. The van der Waals surface area contributed by atoms with Crippen LogP contribution in [0.1, 0.15) is 20.3 Å². The summed E-state index contributed by atoms with van der Waals surface area (Å²) in [6.45, 7) is 1.81. The standard InChI is InChI=1S/C12H19F3N2O4/c1-8(2)17(5-6-18)10(21)16-4-3-11(7-16,9(19)20)12(13,14)15/h8,18H,3-7H2,1-2H3,(H,19,20). The third-order valence-electron chi connectivity index (χ3n) is 3.70. The first-order valence-electron chi connectivity index (χ1n) is 6.53. The third-order valence-corrected chi connectivity index (χ3v) is 3.70. The van der Waals surface area contributed by atoms with Crippen LogP contribution in [0.3, 0.4) is 0 Å². The average Bonchev–Trinajstić information content (AvgIpc) is 2.80. The number of halogens is 3. The van der Waals surface area contributed by atoms with Crippen LogP contribution in [-0.2, 0) is 4.79 Å². The fraction of sp³-hybridized carbons (Fsp3) is 0.833. The second kappa shape index (κ2) is 6.08. The van der Waals surface area contributed by atoms with Gasteiger partial charge in [-0.1, -0.05) is 0 Å². The lowest BCUT2D eigenvalue weighted by atomic mass is 9.86. The highest BCUT2D eigenvalue weighted by Gasteiger charge is 2.64. The van der Waals surface area contributed by atoms with Crippen molar-refractivity contribution in [1.82, 2.24) is 9.80 Å².